The molecule has 2 aromatic heterocycles. The summed E-state index contributed by atoms with van der Waals surface area (Å²) in [5, 5.41) is 1.22. The van der Waals surface area contributed by atoms with E-state index in [-0.39, 0.29) is 0 Å². The Morgan fingerprint density at radius 3 is 2.91 bits per heavy atom. The lowest BCUT2D eigenvalue weighted by molar-refractivity contribution is 1.07. The molecule has 0 N–H and O–H groups in total. The van der Waals surface area contributed by atoms with E-state index in [1.54, 1.807) is 0 Å². The molecule has 1 aliphatic rings. The van der Waals surface area contributed by atoms with Gasteiger partial charge >= 0.3 is 0 Å². The van der Waals surface area contributed by atoms with E-state index < -0.39 is 0 Å². The molecule has 0 saturated heterocycles. The molecule has 0 fully saturated rings. The van der Waals surface area contributed by atoms with Crippen LogP contribution in [-0.4, -0.2) is 22.4 Å². The molecule has 0 unspecified atom stereocenters. The molecule has 0 amide bonds. The standard InChI is InChI=1S/C18H16N4/c1-14-5-8-19-12-18(14)22-10-6-15-3-4-16(11-17(15)22)21-9-2-7-20-13-21/h2-8,10-13H,9H2,1H3. The maximum Gasteiger partial charge on any atom is 0.0952 e. The summed E-state index contributed by atoms with van der Waals surface area (Å²) < 4.78 is 2.19. The number of benzene rings is 1. The van der Waals surface area contributed by atoms with Gasteiger partial charge in [-0.1, -0.05) is 6.07 Å². The summed E-state index contributed by atoms with van der Waals surface area (Å²) in [5.41, 5.74) is 4.64. The number of aliphatic imine (C=N–C) groups is 1. The summed E-state index contributed by atoms with van der Waals surface area (Å²) in [7, 11) is 0. The van der Waals surface area contributed by atoms with Crippen LogP contribution in [0.3, 0.4) is 0 Å². The Hall–Kier alpha value is -2.88. The number of pyridine rings is 1. The quantitative estimate of drug-likeness (QED) is 0.720. The number of rotatable bonds is 2. The SMILES string of the molecule is Cc1ccncc1-n1ccc2ccc(N3C=NC=CC3)cc21. The lowest BCUT2D eigenvalue weighted by Gasteiger charge is -2.20. The minimum absolute atomic E-state index is 0.849. The van der Waals surface area contributed by atoms with Gasteiger partial charge in [0.15, 0.2) is 0 Å². The van der Waals surface area contributed by atoms with Gasteiger partial charge in [-0.15, -0.1) is 0 Å². The number of hydrogen-bond donors (Lipinski definition) is 0. The first-order valence-corrected chi connectivity index (χ1v) is 7.30. The molecule has 4 nitrogen and oxygen atoms in total. The second-order valence-electron chi connectivity index (χ2n) is 5.39. The molecule has 4 rings (SSSR count). The molecule has 0 spiro atoms. The van der Waals surface area contributed by atoms with Gasteiger partial charge < -0.3 is 9.47 Å². The van der Waals surface area contributed by atoms with Crippen molar-refractivity contribution in [2.24, 2.45) is 4.99 Å². The highest BCUT2D eigenvalue weighted by Crippen LogP contribution is 2.26. The third-order valence-electron chi connectivity index (χ3n) is 3.98. The Labute approximate surface area is 129 Å². The number of aryl methyl sites for hydroxylation is 1. The van der Waals surface area contributed by atoms with Crippen molar-refractivity contribution in [3.8, 4) is 5.69 Å². The van der Waals surface area contributed by atoms with Crippen LogP contribution in [0.2, 0.25) is 0 Å². The van der Waals surface area contributed by atoms with Crippen LogP contribution in [0.25, 0.3) is 16.6 Å². The van der Waals surface area contributed by atoms with E-state index in [1.165, 1.54) is 16.5 Å². The minimum atomic E-state index is 0.849. The van der Waals surface area contributed by atoms with Gasteiger partial charge in [0.05, 0.1) is 23.7 Å². The van der Waals surface area contributed by atoms with Gasteiger partial charge in [0, 0.05) is 36.2 Å². The van der Waals surface area contributed by atoms with Crippen molar-refractivity contribution < 1.29 is 0 Å². The van der Waals surface area contributed by atoms with Crippen LogP contribution in [0, 0.1) is 6.92 Å². The van der Waals surface area contributed by atoms with Crippen molar-refractivity contribution in [2.75, 3.05) is 11.4 Å². The highest BCUT2D eigenvalue weighted by molar-refractivity contribution is 5.89. The smallest absolute Gasteiger partial charge is 0.0952 e. The maximum absolute atomic E-state index is 4.26. The second-order valence-corrected chi connectivity index (χ2v) is 5.39. The van der Waals surface area contributed by atoms with E-state index in [0.717, 1.165) is 17.9 Å². The van der Waals surface area contributed by atoms with Crippen molar-refractivity contribution >= 4 is 22.9 Å². The molecule has 3 heterocycles. The monoisotopic (exact) mass is 288 g/mol. The molecule has 22 heavy (non-hydrogen) atoms. The first kappa shape index (κ1) is 12.8. The molecule has 3 aromatic rings. The Kier molecular flexibility index (Phi) is 3.00. The lowest BCUT2D eigenvalue weighted by atomic mass is 10.2. The number of fused-ring (bicyclic) bond motifs is 1. The van der Waals surface area contributed by atoms with Crippen molar-refractivity contribution in [3.05, 3.63) is 66.8 Å². The summed E-state index contributed by atoms with van der Waals surface area (Å²) in [6.07, 6.45) is 11.6. The Bertz CT molecular complexity index is 889. The fraction of sp³-hybridized carbons (Fsp3) is 0.111. The van der Waals surface area contributed by atoms with Gasteiger partial charge in [-0.2, -0.15) is 0 Å². The van der Waals surface area contributed by atoms with Crippen LogP contribution in [-0.2, 0) is 0 Å². The summed E-state index contributed by atoms with van der Waals surface area (Å²) >= 11 is 0. The van der Waals surface area contributed by atoms with Crippen LogP contribution < -0.4 is 4.90 Å². The third kappa shape index (κ3) is 2.09. The summed E-state index contributed by atoms with van der Waals surface area (Å²) in [6, 6.07) is 10.7. The highest BCUT2D eigenvalue weighted by atomic mass is 15.2. The average Bonchev–Trinajstić information content (AvgIpc) is 2.99. The molecule has 0 saturated carbocycles. The van der Waals surface area contributed by atoms with E-state index >= 15 is 0 Å². The summed E-state index contributed by atoms with van der Waals surface area (Å²) in [5.74, 6) is 0. The van der Waals surface area contributed by atoms with E-state index in [0.29, 0.717) is 0 Å². The predicted octanol–water partition coefficient (Wildman–Crippen LogP) is 3.70. The highest BCUT2D eigenvalue weighted by Gasteiger charge is 2.10. The second kappa shape index (κ2) is 5.15. The van der Waals surface area contributed by atoms with Crippen molar-refractivity contribution in [3.63, 3.8) is 0 Å². The topological polar surface area (TPSA) is 33.4 Å². The van der Waals surface area contributed by atoms with Crippen LogP contribution >= 0.6 is 0 Å². The predicted molar refractivity (Wildman–Crippen MR) is 90.8 cm³/mol. The van der Waals surface area contributed by atoms with Crippen LogP contribution in [0.5, 0.6) is 0 Å². The Balaban J connectivity index is 1.85. The molecule has 108 valence electrons. The average molecular weight is 288 g/mol. The third-order valence-corrected chi connectivity index (χ3v) is 3.98. The van der Waals surface area contributed by atoms with Gasteiger partial charge in [0.25, 0.3) is 0 Å². The molecule has 0 bridgehead atoms. The molecule has 1 aromatic carbocycles. The van der Waals surface area contributed by atoms with Crippen molar-refractivity contribution in [1.82, 2.24) is 9.55 Å². The zero-order valence-corrected chi connectivity index (χ0v) is 12.3. The molecule has 0 atom stereocenters. The van der Waals surface area contributed by atoms with Crippen LogP contribution in [0.1, 0.15) is 5.56 Å². The van der Waals surface area contributed by atoms with Crippen molar-refractivity contribution in [1.29, 1.82) is 0 Å². The number of nitrogens with zero attached hydrogens (tertiary/aromatic N) is 4. The molecular formula is C18H16N4. The number of hydrogen-bond acceptors (Lipinski definition) is 3. The molecule has 1 aliphatic heterocycles. The summed E-state index contributed by atoms with van der Waals surface area (Å²) in [6.45, 7) is 2.95. The fourth-order valence-electron chi connectivity index (χ4n) is 2.77. The minimum Gasteiger partial charge on any atom is -0.328 e. The van der Waals surface area contributed by atoms with E-state index in [2.05, 4.69) is 62.9 Å². The van der Waals surface area contributed by atoms with E-state index in [1.807, 2.05) is 31.0 Å². The number of aromatic nitrogens is 2. The van der Waals surface area contributed by atoms with Crippen LogP contribution in [0.4, 0.5) is 5.69 Å². The number of anilines is 1. The van der Waals surface area contributed by atoms with Gasteiger partial charge in [-0.25, -0.2) is 4.99 Å². The van der Waals surface area contributed by atoms with E-state index in [9.17, 15) is 0 Å². The van der Waals surface area contributed by atoms with Gasteiger partial charge in [-0.3, -0.25) is 4.98 Å². The molecular weight excluding hydrogens is 272 g/mol. The molecule has 0 radical (unpaired) electrons. The van der Waals surface area contributed by atoms with E-state index in [4.69, 9.17) is 0 Å². The zero-order valence-electron chi connectivity index (χ0n) is 12.3. The molecule has 4 heteroatoms. The lowest BCUT2D eigenvalue weighted by Crippen LogP contribution is -2.22. The van der Waals surface area contributed by atoms with Gasteiger partial charge in [-0.05, 0) is 42.8 Å². The largest absolute Gasteiger partial charge is 0.328 e. The van der Waals surface area contributed by atoms with Gasteiger partial charge in [0.1, 0.15) is 0 Å². The Morgan fingerprint density at radius 2 is 2.09 bits per heavy atom. The Morgan fingerprint density at radius 1 is 1.14 bits per heavy atom. The van der Waals surface area contributed by atoms with Gasteiger partial charge in [0.2, 0.25) is 0 Å². The molecule has 0 aliphatic carbocycles. The van der Waals surface area contributed by atoms with Crippen molar-refractivity contribution in [2.45, 2.75) is 6.92 Å². The zero-order chi connectivity index (χ0) is 14.9. The normalized spacial score (nSPS) is 14.0. The summed E-state index contributed by atoms with van der Waals surface area (Å²) in [4.78, 5) is 10.6. The first-order valence-electron chi connectivity index (χ1n) is 7.30. The van der Waals surface area contributed by atoms with Crippen LogP contribution in [0.15, 0.2) is 66.2 Å². The first-order chi connectivity index (χ1) is 10.8. The maximum atomic E-state index is 4.26. The fourth-order valence-corrected chi connectivity index (χ4v) is 2.77.